The Hall–Kier alpha value is -0.600. The molecule has 6 nitrogen and oxygen atoms in total. The molecular weight excluding hydrogens is 298 g/mol. The van der Waals surface area contributed by atoms with Gasteiger partial charge >= 0.3 is 0 Å². The summed E-state index contributed by atoms with van der Waals surface area (Å²) in [4.78, 5) is 4.32. The Morgan fingerprint density at radius 1 is 1.55 bits per heavy atom. The van der Waals surface area contributed by atoms with Crippen LogP contribution in [0.2, 0.25) is 0 Å². The number of aromatic nitrogens is 2. The number of nitrogens with one attached hydrogen (secondary N) is 1. The number of hydrogen-bond acceptors (Lipinski definition) is 7. The molecule has 1 fully saturated rings. The SMILES string of the molecule is CCC(C)SCc1noc(CC2CS(=O)(=O)CCN2)n1. The van der Waals surface area contributed by atoms with Crippen molar-refractivity contribution in [3.05, 3.63) is 11.7 Å². The van der Waals surface area contributed by atoms with Crippen molar-refractivity contribution in [3.63, 3.8) is 0 Å². The Labute approximate surface area is 124 Å². The zero-order valence-electron chi connectivity index (χ0n) is 11.8. The molecule has 1 aromatic rings. The fourth-order valence-corrected chi connectivity index (χ4v) is 4.21. The minimum absolute atomic E-state index is 0.121. The van der Waals surface area contributed by atoms with Crippen molar-refractivity contribution in [3.8, 4) is 0 Å². The topological polar surface area (TPSA) is 85.1 Å². The zero-order chi connectivity index (χ0) is 14.6. The minimum Gasteiger partial charge on any atom is -0.339 e. The van der Waals surface area contributed by atoms with Crippen molar-refractivity contribution in [2.75, 3.05) is 18.1 Å². The molecule has 0 bridgehead atoms. The van der Waals surface area contributed by atoms with Crippen LogP contribution in [0.15, 0.2) is 4.52 Å². The van der Waals surface area contributed by atoms with E-state index in [1.807, 2.05) is 0 Å². The number of nitrogens with zero attached hydrogens (tertiary/aromatic N) is 2. The maximum absolute atomic E-state index is 11.6. The van der Waals surface area contributed by atoms with Gasteiger partial charge in [0.1, 0.15) is 0 Å². The van der Waals surface area contributed by atoms with Crippen LogP contribution in [0, 0.1) is 0 Å². The summed E-state index contributed by atoms with van der Waals surface area (Å²) >= 11 is 1.79. The molecule has 1 aromatic heterocycles. The first-order valence-electron chi connectivity index (χ1n) is 6.85. The molecule has 2 atom stereocenters. The van der Waals surface area contributed by atoms with E-state index >= 15 is 0 Å². The van der Waals surface area contributed by atoms with Gasteiger partial charge in [-0.15, -0.1) is 0 Å². The molecule has 1 N–H and O–H groups in total. The molecule has 2 rings (SSSR count). The van der Waals surface area contributed by atoms with E-state index in [4.69, 9.17) is 4.52 Å². The quantitative estimate of drug-likeness (QED) is 0.838. The van der Waals surface area contributed by atoms with Crippen molar-refractivity contribution in [1.82, 2.24) is 15.5 Å². The lowest BCUT2D eigenvalue weighted by molar-refractivity contribution is 0.358. The van der Waals surface area contributed by atoms with E-state index in [0.717, 1.165) is 12.2 Å². The molecule has 0 saturated carbocycles. The van der Waals surface area contributed by atoms with Gasteiger partial charge in [0, 0.05) is 24.3 Å². The fourth-order valence-electron chi connectivity index (χ4n) is 1.98. The zero-order valence-corrected chi connectivity index (χ0v) is 13.5. The predicted octanol–water partition coefficient (Wildman–Crippen LogP) is 1.03. The normalized spacial score (nSPS) is 23.6. The van der Waals surface area contributed by atoms with Crippen LogP contribution >= 0.6 is 11.8 Å². The van der Waals surface area contributed by atoms with Crippen LogP contribution in [0.3, 0.4) is 0 Å². The summed E-state index contributed by atoms with van der Waals surface area (Å²) < 4.78 is 28.3. The van der Waals surface area contributed by atoms with E-state index in [1.54, 1.807) is 11.8 Å². The Morgan fingerprint density at radius 2 is 2.35 bits per heavy atom. The molecule has 1 aliphatic heterocycles. The smallest absolute Gasteiger partial charge is 0.228 e. The van der Waals surface area contributed by atoms with Crippen LogP contribution < -0.4 is 5.32 Å². The van der Waals surface area contributed by atoms with E-state index in [-0.39, 0.29) is 17.5 Å². The maximum Gasteiger partial charge on any atom is 0.228 e. The lowest BCUT2D eigenvalue weighted by Gasteiger charge is -2.21. The molecule has 2 heterocycles. The van der Waals surface area contributed by atoms with Crippen LogP contribution in [0.4, 0.5) is 0 Å². The minimum atomic E-state index is -2.93. The van der Waals surface area contributed by atoms with Gasteiger partial charge in [-0.3, -0.25) is 0 Å². The molecular formula is C12H21N3O3S2. The monoisotopic (exact) mass is 319 g/mol. The van der Waals surface area contributed by atoms with Crippen LogP contribution in [0.1, 0.15) is 32.0 Å². The molecule has 8 heteroatoms. The molecule has 0 aromatic carbocycles. The van der Waals surface area contributed by atoms with Gasteiger partial charge in [0.2, 0.25) is 5.89 Å². The second-order valence-corrected chi connectivity index (χ2v) is 8.76. The van der Waals surface area contributed by atoms with Gasteiger partial charge in [-0.1, -0.05) is 19.0 Å². The summed E-state index contributed by atoms with van der Waals surface area (Å²) in [6.45, 7) is 4.81. The van der Waals surface area contributed by atoms with Gasteiger partial charge < -0.3 is 9.84 Å². The third kappa shape index (κ3) is 4.75. The van der Waals surface area contributed by atoms with Gasteiger partial charge in [0.05, 0.1) is 17.3 Å². The van der Waals surface area contributed by atoms with Gasteiger partial charge in [0.15, 0.2) is 15.7 Å². The lowest BCUT2D eigenvalue weighted by atomic mass is 10.2. The van der Waals surface area contributed by atoms with Crippen LogP contribution in [0.5, 0.6) is 0 Å². The van der Waals surface area contributed by atoms with Crippen LogP contribution in [0.25, 0.3) is 0 Å². The van der Waals surface area contributed by atoms with Crippen molar-refractivity contribution in [2.45, 2.75) is 43.7 Å². The summed E-state index contributed by atoms with van der Waals surface area (Å²) in [7, 11) is -2.93. The Kier molecular flexibility index (Phi) is 5.45. The van der Waals surface area contributed by atoms with E-state index in [9.17, 15) is 8.42 Å². The van der Waals surface area contributed by atoms with Gasteiger partial charge in [-0.05, 0) is 6.42 Å². The maximum atomic E-state index is 11.6. The van der Waals surface area contributed by atoms with E-state index in [0.29, 0.717) is 29.9 Å². The van der Waals surface area contributed by atoms with Gasteiger partial charge in [-0.25, -0.2) is 8.42 Å². The molecule has 20 heavy (non-hydrogen) atoms. The average Bonchev–Trinajstić information content (AvgIpc) is 2.82. The van der Waals surface area contributed by atoms with Gasteiger partial charge in [-0.2, -0.15) is 16.7 Å². The van der Waals surface area contributed by atoms with E-state index in [1.165, 1.54) is 0 Å². The predicted molar refractivity (Wildman–Crippen MR) is 79.5 cm³/mol. The number of rotatable bonds is 6. The van der Waals surface area contributed by atoms with Crippen molar-refractivity contribution in [1.29, 1.82) is 0 Å². The number of hydrogen-bond donors (Lipinski definition) is 1. The first kappa shape index (κ1) is 15.8. The molecule has 0 spiro atoms. The third-order valence-electron chi connectivity index (χ3n) is 3.30. The standard InChI is InChI=1S/C12H21N3O3S2/c1-3-9(2)19-7-11-14-12(18-15-11)6-10-8-20(16,17)5-4-13-10/h9-10,13H,3-8H2,1-2H3. The highest BCUT2D eigenvalue weighted by molar-refractivity contribution is 7.99. The second kappa shape index (κ2) is 6.91. The molecule has 1 aliphatic rings. The number of sulfone groups is 1. The fraction of sp³-hybridized carbons (Fsp3) is 0.833. The Balaban J connectivity index is 1.86. The molecule has 0 amide bonds. The van der Waals surface area contributed by atoms with E-state index < -0.39 is 9.84 Å². The van der Waals surface area contributed by atoms with Crippen molar-refractivity contribution >= 4 is 21.6 Å². The summed E-state index contributed by atoms with van der Waals surface area (Å²) in [5.74, 6) is 2.29. The van der Waals surface area contributed by atoms with Crippen LogP contribution in [-0.4, -0.2) is 47.9 Å². The van der Waals surface area contributed by atoms with Crippen molar-refractivity contribution in [2.24, 2.45) is 0 Å². The van der Waals surface area contributed by atoms with E-state index in [2.05, 4.69) is 29.3 Å². The third-order valence-corrected chi connectivity index (χ3v) is 6.37. The Bertz CT molecular complexity index is 530. The average molecular weight is 319 g/mol. The largest absolute Gasteiger partial charge is 0.339 e. The highest BCUT2D eigenvalue weighted by Gasteiger charge is 2.26. The molecule has 2 unspecified atom stereocenters. The number of thioether (sulfide) groups is 1. The highest BCUT2D eigenvalue weighted by atomic mass is 32.2. The highest BCUT2D eigenvalue weighted by Crippen LogP contribution is 2.18. The summed E-state index contributed by atoms with van der Waals surface area (Å²) in [6.07, 6.45) is 1.58. The van der Waals surface area contributed by atoms with Crippen LogP contribution in [-0.2, 0) is 22.0 Å². The van der Waals surface area contributed by atoms with Crippen molar-refractivity contribution < 1.29 is 12.9 Å². The second-order valence-electron chi connectivity index (χ2n) is 5.10. The lowest BCUT2D eigenvalue weighted by Crippen LogP contribution is -2.46. The molecule has 0 radical (unpaired) electrons. The summed E-state index contributed by atoms with van der Waals surface area (Å²) in [5, 5.41) is 7.69. The summed E-state index contributed by atoms with van der Waals surface area (Å²) in [6, 6.07) is -0.121. The Morgan fingerprint density at radius 3 is 3.05 bits per heavy atom. The molecule has 0 aliphatic carbocycles. The first-order valence-corrected chi connectivity index (χ1v) is 9.72. The molecule has 1 saturated heterocycles. The first-order chi connectivity index (χ1) is 9.48. The summed E-state index contributed by atoms with van der Waals surface area (Å²) in [5.41, 5.74) is 0. The van der Waals surface area contributed by atoms with Gasteiger partial charge in [0.25, 0.3) is 0 Å². The molecule has 114 valence electrons.